The molecule has 0 bridgehead atoms. The molecule has 2 aromatic rings. The molecular weight excluding hydrogens is 322 g/mol. The zero-order chi connectivity index (χ0) is 14.1. The van der Waals surface area contributed by atoms with Crippen LogP contribution in [0.3, 0.4) is 0 Å². The van der Waals surface area contributed by atoms with Crippen LogP contribution in [0, 0.1) is 0 Å². The smallest absolute Gasteiger partial charge is 0.271 e. The first-order chi connectivity index (χ1) is 9.67. The normalized spacial score (nSPS) is 17.6. The lowest BCUT2D eigenvalue weighted by Gasteiger charge is -2.24. The van der Waals surface area contributed by atoms with Crippen LogP contribution >= 0.6 is 15.9 Å². The van der Waals surface area contributed by atoms with E-state index in [1.165, 1.54) is 0 Å². The van der Waals surface area contributed by atoms with Crippen LogP contribution < -0.4 is 5.32 Å². The molecule has 104 valence electrons. The van der Waals surface area contributed by atoms with Gasteiger partial charge in [-0.1, -0.05) is 28.1 Å². The summed E-state index contributed by atoms with van der Waals surface area (Å²) in [5, 5.41) is 6.91. The topological polar surface area (TPSA) is 56.2 Å². The summed E-state index contributed by atoms with van der Waals surface area (Å²) in [6.07, 6.45) is -0.0342. The van der Waals surface area contributed by atoms with Gasteiger partial charge in [-0.3, -0.25) is 9.48 Å². The minimum atomic E-state index is -0.174. The van der Waals surface area contributed by atoms with Crippen LogP contribution in [0.4, 0.5) is 0 Å². The summed E-state index contributed by atoms with van der Waals surface area (Å²) >= 11 is 3.42. The molecule has 0 spiro atoms. The van der Waals surface area contributed by atoms with Crippen molar-refractivity contribution in [2.24, 2.45) is 0 Å². The third kappa shape index (κ3) is 2.48. The highest BCUT2D eigenvalue weighted by Crippen LogP contribution is 2.27. The molecule has 6 heteroatoms. The van der Waals surface area contributed by atoms with Crippen molar-refractivity contribution in [2.75, 3.05) is 7.05 Å². The quantitative estimate of drug-likeness (QED) is 0.915. The average molecular weight is 336 g/mol. The molecule has 2 heterocycles. The molecule has 0 fully saturated rings. The van der Waals surface area contributed by atoms with Gasteiger partial charge in [0, 0.05) is 11.5 Å². The van der Waals surface area contributed by atoms with E-state index in [1.807, 2.05) is 28.9 Å². The van der Waals surface area contributed by atoms with Crippen LogP contribution in [0.15, 0.2) is 34.8 Å². The second-order valence-electron chi connectivity index (χ2n) is 4.63. The number of aromatic nitrogens is 2. The number of carbonyl (C=O) groups excluding carboxylic acids is 1. The van der Waals surface area contributed by atoms with Gasteiger partial charge in [-0.25, -0.2) is 0 Å². The van der Waals surface area contributed by atoms with Crippen LogP contribution in [0.2, 0.25) is 0 Å². The Bertz CT molecular complexity index is 636. The molecule has 1 aromatic heterocycles. The third-order valence-corrected chi connectivity index (χ3v) is 3.86. The van der Waals surface area contributed by atoms with Gasteiger partial charge in [-0.05, 0) is 23.8 Å². The minimum Gasteiger partial charge on any atom is -0.365 e. The minimum absolute atomic E-state index is 0.0342. The monoisotopic (exact) mass is 335 g/mol. The SMILES string of the molecule is CNC(=O)c1cc2n(n1)C[C@@H](c1ccc(Br)cc1)OC2. The maximum atomic E-state index is 11.6. The summed E-state index contributed by atoms with van der Waals surface area (Å²) in [5.41, 5.74) is 2.47. The number of rotatable bonds is 2. The van der Waals surface area contributed by atoms with Crippen LogP contribution in [0.5, 0.6) is 0 Å². The van der Waals surface area contributed by atoms with Crippen molar-refractivity contribution in [3.63, 3.8) is 0 Å². The predicted octanol–water partition coefficient (Wildman–Crippen LogP) is 2.28. The molecule has 5 nitrogen and oxygen atoms in total. The first kappa shape index (κ1) is 13.3. The number of amides is 1. The molecule has 1 amide bonds. The molecule has 0 aliphatic carbocycles. The van der Waals surface area contributed by atoms with Gasteiger partial charge in [0.1, 0.15) is 6.10 Å². The lowest BCUT2D eigenvalue weighted by molar-refractivity contribution is -0.00120. The van der Waals surface area contributed by atoms with E-state index in [0.717, 1.165) is 15.7 Å². The Kier molecular flexibility index (Phi) is 3.58. The molecule has 1 N–H and O–H groups in total. The number of hydrogen-bond acceptors (Lipinski definition) is 3. The van der Waals surface area contributed by atoms with Crippen LogP contribution in [0.25, 0.3) is 0 Å². The number of hydrogen-bond donors (Lipinski definition) is 1. The standard InChI is InChI=1S/C14H14BrN3O2/c1-16-14(19)12-6-11-8-20-13(7-18(11)17-12)9-2-4-10(15)5-3-9/h2-6,13H,7-8H2,1H3,(H,16,19)/t13-/m0/s1. The van der Waals surface area contributed by atoms with E-state index < -0.39 is 0 Å². The fourth-order valence-corrected chi connectivity index (χ4v) is 2.51. The van der Waals surface area contributed by atoms with Crippen molar-refractivity contribution < 1.29 is 9.53 Å². The summed E-state index contributed by atoms with van der Waals surface area (Å²) in [4.78, 5) is 11.6. The number of halogens is 1. The summed E-state index contributed by atoms with van der Waals surface area (Å²) in [7, 11) is 1.60. The number of ether oxygens (including phenoxy) is 1. The maximum Gasteiger partial charge on any atom is 0.271 e. The summed E-state index contributed by atoms with van der Waals surface area (Å²) in [5.74, 6) is -0.174. The predicted molar refractivity (Wildman–Crippen MR) is 77.3 cm³/mol. The molecule has 0 radical (unpaired) electrons. The Morgan fingerprint density at radius 2 is 2.20 bits per heavy atom. The average Bonchev–Trinajstić information content (AvgIpc) is 2.90. The van der Waals surface area contributed by atoms with E-state index in [9.17, 15) is 4.79 Å². The summed E-state index contributed by atoms with van der Waals surface area (Å²) in [6, 6.07) is 9.82. The summed E-state index contributed by atoms with van der Waals surface area (Å²) in [6.45, 7) is 1.08. The molecule has 0 saturated carbocycles. The van der Waals surface area contributed by atoms with E-state index in [4.69, 9.17) is 4.74 Å². The Balaban J connectivity index is 1.83. The van der Waals surface area contributed by atoms with E-state index in [-0.39, 0.29) is 12.0 Å². The summed E-state index contributed by atoms with van der Waals surface area (Å²) < 4.78 is 8.74. The van der Waals surface area contributed by atoms with Gasteiger partial charge >= 0.3 is 0 Å². The Hall–Kier alpha value is -1.66. The van der Waals surface area contributed by atoms with Crippen molar-refractivity contribution in [3.05, 3.63) is 51.8 Å². The number of carbonyl (C=O) groups is 1. The molecule has 1 aliphatic heterocycles. The lowest BCUT2D eigenvalue weighted by atomic mass is 10.1. The van der Waals surface area contributed by atoms with E-state index in [1.54, 1.807) is 13.1 Å². The van der Waals surface area contributed by atoms with Crippen molar-refractivity contribution in [3.8, 4) is 0 Å². The fourth-order valence-electron chi connectivity index (χ4n) is 2.24. The number of benzene rings is 1. The van der Waals surface area contributed by atoms with E-state index >= 15 is 0 Å². The van der Waals surface area contributed by atoms with Gasteiger partial charge < -0.3 is 10.1 Å². The Morgan fingerprint density at radius 1 is 1.45 bits per heavy atom. The number of nitrogens with one attached hydrogen (secondary N) is 1. The molecule has 0 saturated heterocycles. The molecule has 3 rings (SSSR count). The van der Waals surface area contributed by atoms with Gasteiger partial charge in [-0.15, -0.1) is 0 Å². The highest BCUT2D eigenvalue weighted by Gasteiger charge is 2.23. The Labute approximate surface area is 125 Å². The number of nitrogens with zero attached hydrogens (tertiary/aromatic N) is 2. The first-order valence-electron chi connectivity index (χ1n) is 6.33. The van der Waals surface area contributed by atoms with Crippen molar-refractivity contribution in [2.45, 2.75) is 19.3 Å². The van der Waals surface area contributed by atoms with E-state index in [0.29, 0.717) is 18.8 Å². The Morgan fingerprint density at radius 3 is 2.90 bits per heavy atom. The zero-order valence-electron chi connectivity index (χ0n) is 11.0. The second kappa shape index (κ2) is 5.38. The molecule has 1 aliphatic rings. The van der Waals surface area contributed by atoms with Crippen LogP contribution in [-0.2, 0) is 17.9 Å². The van der Waals surface area contributed by atoms with Gasteiger partial charge in [0.25, 0.3) is 5.91 Å². The van der Waals surface area contributed by atoms with Crippen LogP contribution in [0.1, 0.15) is 27.8 Å². The van der Waals surface area contributed by atoms with Gasteiger partial charge in [0.15, 0.2) is 5.69 Å². The second-order valence-corrected chi connectivity index (χ2v) is 5.55. The van der Waals surface area contributed by atoms with Crippen molar-refractivity contribution >= 4 is 21.8 Å². The fraction of sp³-hybridized carbons (Fsp3) is 0.286. The maximum absolute atomic E-state index is 11.6. The third-order valence-electron chi connectivity index (χ3n) is 3.34. The van der Waals surface area contributed by atoms with E-state index in [2.05, 4.69) is 26.3 Å². The lowest BCUT2D eigenvalue weighted by Crippen LogP contribution is -2.22. The molecule has 0 unspecified atom stereocenters. The van der Waals surface area contributed by atoms with Crippen molar-refractivity contribution in [1.29, 1.82) is 0 Å². The molecular formula is C14H14BrN3O2. The highest BCUT2D eigenvalue weighted by atomic mass is 79.9. The van der Waals surface area contributed by atoms with Gasteiger partial charge in [0.2, 0.25) is 0 Å². The number of fused-ring (bicyclic) bond motifs is 1. The largest absolute Gasteiger partial charge is 0.365 e. The first-order valence-corrected chi connectivity index (χ1v) is 7.12. The van der Waals surface area contributed by atoms with Crippen molar-refractivity contribution in [1.82, 2.24) is 15.1 Å². The zero-order valence-corrected chi connectivity index (χ0v) is 12.6. The highest BCUT2D eigenvalue weighted by molar-refractivity contribution is 9.10. The molecule has 1 atom stereocenters. The molecule has 1 aromatic carbocycles. The van der Waals surface area contributed by atoms with Crippen LogP contribution in [-0.4, -0.2) is 22.7 Å². The molecule has 20 heavy (non-hydrogen) atoms. The van der Waals surface area contributed by atoms with Gasteiger partial charge in [-0.2, -0.15) is 5.10 Å². The van der Waals surface area contributed by atoms with Gasteiger partial charge in [0.05, 0.1) is 18.8 Å².